The third-order valence-corrected chi connectivity index (χ3v) is 7.22. The van der Waals surface area contributed by atoms with Crippen molar-refractivity contribution in [2.75, 3.05) is 24.6 Å². The minimum atomic E-state index is -1.10. The van der Waals surface area contributed by atoms with Crippen LogP contribution in [0.15, 0.2) is 31.2 Å². The number of aromatic carboxylic acids is 1. The number of halogens is 1. The molecule has 3 aromatic heterocycles. The highest BCUT2D eigenvalue weighted by molar-refractivity contribution is 7.17. The minimum Gasteiger partial charge on any atom is -0.477 e. The molecular weight excluding hydrogens is 506 g/mol. The number of anilines is 1. The number of ether oxygens (including phenoxy) is 1. The first-order valence-electron chi connectivity index (χ1n) is 10.9. The molecule has 0 unspecified atom stereocenters. The van der Waals surface area contributed by atoms with E-state index in [0.29, 0.717) is 36.0 Å². The lowest BCUT2D eigenvalue weighted by Crippen LogP contribution is -2.55. The highest BCUT2D eigenvalue weighted by atomic mass is 35.5. The Morgan fingerprint density at radius 1 is 1.50 bits per heavy atom. The van der Waals surface area contributed by atoms with Gasteiger partial charge in [-0.2, -0.15) is 5.26 Å². The molecular formula is C23H22ClN7O4S. The van der Waals surface area contributed by atoms with E-state index in [0.717, 1.165) is 11.3 Å². The largest absolute Gasteiger partial charge is 0.477 e. The maximum absolute atomic E-state index is 13.0. The average Bonchev–Trinajstić information content (AvgIpc) is 3.45. The molecule has 1 saturated heterocycles. The summed E-state index contributed by atoms with van der Waals surface area (Å²) in [5.74, 6) is -1.56. The van der Waals surface area contributed by atoms with Gasteiger partial charge >= 0.3 is 5.97 Å². The number of thiazole rings is 1. The predicted octanol–water partition coefficient (Wildman–Crippen LogP) is 3.04. The second-order valence-electron chi connectivity index (χ2n) is 7.97. The Kier molecular flexibility index (Phi) is 7.64. The van der Waals surface area contributed by atoms with Gasteiger partial charge < -0.3 is 25.0 Å². The van der Waals surface area contributed by atoms with Crippen LogP contribution < -0.4 is 10.2 Å². The lowest BCUT2D eigenvalue weighted by molar-refractivity contribution is 0.0355. The summed E-state index contributed by atoms with van der Waals surface area (Å²) in [6, 6.07) is 1.59. The van der Waals surface area contributed by atoms with E-state index in [1.165, 1.54) is 18.6 Å². The van der Waals surface area contributed by atoms with E-state index in [1.54, 1.807) is 13.0 Å². The number of amides is 1. The van der Waals surface area contributed by atoms with Gasteiger partial charge in [-0.1, -0.05) is 29.0 Å². The first-order chi connectivity index (χ1) is 17.3. The topological polar surface area (TPSA) is 157 Å². The molecule has 4 heterocycles. The van der Waals surface area contributed by atoms with Gasteiger partial charge in [0.05, 0.1) is 30.0 Å². The Morgan fingerprint density at radius 2 is 2.31 bits per heavy atom. The molecule has 11 nitrogen and oxygen atoms in total. The number of hydrogen-bond donors (Lipinski definition) is 3. The Labute approximate surface area is 215 Å². The highest BCUT2D eigenvalue weighted by Gasteiger charge is 2.34. The van der Waals surface area contributed by atoms with E-state index in [-0.39, 0.29) is 39.5 Å². The van der Waals surface area contributed by atoms with Gasteiger partial charge in [0.25, 0.3) is 5.91 Å². The van der Waals surface area contributed by atoms with Crippen LogP contribution in [-0.2, 0) is 4.74 Å². The van der Waals surface area contributed by atoms with E-state index in [1.807, 2.05) is 11.0 Å². The van der Waals surface area contributed by atoms with E-state index in [2.05, 4.69) is 31.8 Å². The first-order valence-corrected chi connectivity index (χ1v) is 12.1. The number of aromatic amines is 1. The molecule has 3 aromatic rings. The molecule has 4 rings (SSSR count). The summed E-state index contributed by atoms with van der Waals surface area (Å²) < 4.78 is 5.95. The molecule has 0 aliphatic carbocycles. The van der Waals surface area contributed by atoms with Crippen LogP contribution in [0.4, 0.5) is 5.13 Å². The van der Waals surface area contributed by atoms with Gasteiger partial charge in [-0.3, -0.25) is 14.8 Å². The molecule has 2 atom stereocenters. The summed E-state index contributed by atoms with van der Waals surface area (Å²) >= 11 is 7.18. The molecule has 0 radical (unpaired) electrons. The lowest BCUT2D eigenvalue weighted by atomic mass is 10.0. The summed E-state index contributed by atoms with van der Waals surface area (Å²) in [6.45, 7) is 6.46. The lowest BCUT2D eigenvalue weighted by Gasteiger charge is -2.38. The molecule has 3 N–H and O–H groups in total. The van der Waals surface area contributed by atoms with Crippen molar-refractivity contribution in [1.29, 1.82) is 5.26 Å². The van der Waals surface area contributed by atoms with Crippen LogP contribution in [0, 0.1) is 18.3 Å². The van der Waals surface area contributed by atoms with Crippen LogP contribution in [0.2, 0.25) is 5.02 Å². The number of hydrogen-bond acceptors (Lipinski definition) is 9. The van der Waals surface area contributed by atoms with Crippen molar-refractivity contribution in [3.05, 3.63) is 58.1 Å². The number of H-pyrrole nitrogens is 1. The van der Waals surface area contributed by atoms with Gasteiger partial charge in [0.2, 0.25) is 0 Å². The molecule has 0 aromatic carbocycles. The maximum atomic E-state index is 13.0. The number of nitrogens with zero attached hydrogens (tertiary/aromatic N) is 5. The zero-order valence-electron chi connectivity index (χ0n) is 19.2. The van der Waals surface area contributed by atoms with Gasteiger partial charge in [-0.15, -0.1) is 6.58 Å². The smallest absolute Gasteiger partial charge is 0.348 e. The van der Waals surface area contributed by atoms with E-state index in [4.69, 9.17) is 16.3 Å². The minimum absolute atomic E-state index is 0.0625. The van der Waals surface area contributed by atoms with Crippen molar-refractivity contribution in [2.45, 2.75) is 25.5 Å². The average molecular weight is 528 g/mol. The Balaban J connectivity index is 1.56. The standard InChI is InChI=1S/C23H22ClN7O4S/c1-3-8-35-16-11-31(23-30-19(20(36-23)22(33)34)15-10-26-5-6-27-15)7-4-14(16)29-21(32)18-13(9-25)17(24)12(2)28-18/h3,5-6,10,14,16,28H,1,4,7-8,11H2,2H3,(H,29,32)(H,33,34)/t14-,16+/m1/s1. The second-order valence-corrected chi connectivity index (χ2v) is 9.33. The molecule has 1 aliphatic rings. The molecule has 0 saturated carbocycles. The monoisotopic (exact) mass is 527 g/mol. The van der Waals surface area contributed by atoms with Crippen molar-refractivity contribution in [1.82, 2.24) is 25.3 Å². The molecule has 186 valence electrons. The molecule has 0 bridgehead atoms. The number of nitriles is 1. The van der Waals surface area contributed by atoms with Crippen molar-refractivity contribution in [2.24, 2.45) is 0 Å². The summed E-state index contributed by atoms with van der Waals surface area (Å²) in [5.41, 5.74) is 1.34. The van der Waals surface area contributed by atoms with Crippen LogP contribution >= 0.6 is 22.9 Å². The number of carbonyl (C=O) groups is 2. The van der Waals surface area contributed by atoms with Crippen LogP contribution in [0.5, 0.6) is 0 Å². The molecule has 1 fully saturated rings. The van der Waals surface area contributed by atoms with Crippen molar-refractivity contribution < 1.29 is 19.4 Å². The van der Waals surface area contributed by atoms with Crippen LogP contribution in [-0.4, -0.2) is 68.8 Å². The van der Waals surface area contributed by atoms with Crippen LogP contribution in [0.1, 0.15) is 37.8 Å². The van der Waals surface area contributed by atoms with E-state index < -0.39 is 18.0 Å². The second kappa shape index (κ2) is 10.9. The first kappa shape index (κ1) is 25.3. The van der Waals surface area contributed by atoms with E-state index >= 15 is 0 Å². The maximum Gasteiger partial charge on any atom is 0.348 e. The number of aromatic nitrogens is 4. The van der Waals surface area contributed by atoms with Crippen molar-refractivity contribution in [3.8, 4) is 17.5 Å². The Morgan fingerprint density at radius 3 is 2.97 bits per heavy atom. The summed E-state index contributed by atoms with van der Waals surface area (Å²) in [7, 11) is 0. The van der Waals surface area contributed by atoms with Crippen molar-refractivity contribution >= 4 is 39.9 Å². The van der Waals surface area contributed by atoms with Gasteiger partial charge in [-0.05, 0) is 13.3 Å². The number of aryl methyl sites for hydroxylation is 1. The molecule has 36 heavy (non-hydrogen) atoms. The van der Waals surface area contributed by atoms with Gasteiger partial charge in [0.1, 0.15) is 33.6 Å². The predicted molar refractivity (Wildman–Crippen MR) is 133 cm³/mol. The number of carboxylic acid groups (broad SMARTS) is 1. The van der Waals surface area contributed by atoms with Gasteiger partial charge in [0.15, 0.2) is 5.13 Å². The third kappa shape index (κ3) is 5.08. The van der Waals surface area contributed by atoms with E-state index in [9.17, 15) is 20.0 Å². The summed E-state index contributed by atoms with van der Waals surface area (Å²) in [5, 5.41) is 22.8. The fourth-order valence-corrected chi connectivity index (χ4v) is 5.05. The molecule has 13 heteroatoms. The third-order valence-electron chi connectivity index (χ3n) is 5.64. The Bertz CT molecular complexity index is 1330. The van der Waals surface area contributed by atoms with Crippen molar-refractivity contribution in [3.63, 3.8) is 0 Å². The SMILES string of the molecule is C=CCO[C@H]1CN(c2nc(-c3cnccn3)c(C(=O)O)s2)CC[C@H]1NC(=O)c1[nH]c(C)c(Cl)c1C#N. The normalized spacial score (nSPS) is 17.4. The van der Waals surface area contributed by atoms with Crippen LogP contribution in [0.3, 0.4) is 0 Å². The number of rotatable bonds is 8. The molecule has 1 aliphatic heterocycles. The number of carbonyl (C=O) groups excluding carboxylic acids is 1. The summed E-state index contributed by atoms with van der Waals surface area (Å²) in [6.07, 6.45) is 6.09. The van der Waals surface area contributed by atoms with Gasteiger partial charge in [0, 0.05) is 31.2 Å². The Hall–Kier alpha value is -3.79. The van der Waals surface area contributed by atoms with Crippen LogP contribution in [0.25, 0.3) is 11.4 Å². The summed E-state index contributed by atoms with van der Waals surface area (Å²) in [4.78, 5) is 42.4. The van der Waals surface area contributed by atoms with Gasteiger partial charge in [-0.25, -0.2) is 9.78 Å². The molecule has 0 spiro atoms. The zero-order valence-corrected chi connectivity index (χ0v) is 20.8. The fraction of sp³-hybridized carbons (Fsp3) is 0.304. The quantitative estimate of drug-likeness (QED) is 0.374. The highest BCUT2D eigenvalue weighted by Crippen LogP contribution is 2.34. The number of piperidine rings is 1. The zero-order chi connectivity index (χ0) is 25.8. The molecule has 1 amide bonds. The fourth-order valence-electron chi connectivity index (χ4n) is 3.92. The number of nitrogens with one attached hydrogen (secondary N) is 2. The number of carboxylic acids is 1.